The van der Waals surface area contributed by atoms with E-state index in [2.05, 4.69) is 35.2 Å². The first-order chi connectivity index (χ1) is 9.51. The molecule has 0 aromatic carbocycles. The molecular weight excluding hydrogens is 252 g/mol. The zero-order chi connectivity index (χ0) is 14.7. The van der Waals surface area contributed by atoms with E-state index >= 15 is 0 Å². The molecule has 1 aliphatic heterocycles. The molecule has 1 fully saturated rings. The Kier molecular flexibility index (Phi) is 5.18. The van der Waals surface area contributed by atoms with Gasteiger partial charge in [-0.15, -0.1) is 0 Å². The van der Waals surface area contributed by atoms with Gasteiger partial charge in [0.1, 0.15) is 0 Å². The average Bonchev–Trinajstić information content (AvgIpc) is 2.74. The van der Waals surface area contributed by atoms with Crippen LogP contribution in [-0.2, 0) is 18.2 Å². The fourth-order valence-corrected chi connectivity index (χ4v) is 2.91. The minimum absolute atomic E-state index is 0.242. The number of nitrogens with zero attached hydrogens (tertiary/aromatic N) is 3. The monoisotopic (exact) mass is 280 g/mol. The molecule has 20 heavy (non-hydrogen) atoms. The molecule has 0 amide bonds. The molecular formula is C15H28N4O. The SMILES string of the molecule is CNC(Cc1cc(C)nn1C)C1CN(C(C)C)CCO1. The first-order valence-electron chi connectivity index (χ1n) is 7.53. The van der Waals surface area contributed by atoms with Crippen LogP contribution in [0.1, 0.15) is 25.2 Å². The average molecular weight is 280 g/mol. The largest absolute Gasteiger partial charge is 0.374 e. The summed E-state index contributed by atoms with van der Waals surface area (Å²) in [5.41, 5.74) is 2.33. The van der Waals surface area contributed by atoms with E-state index in [-0.39, 0.29) is 6.10 Å². The Morgan fingerprint density at radius 2 is 2.25 bits per heavy atom. The molecule has 1 aliphatic rings. The highest BCUT2D eigenvalue weighted by Gasteiger charge is 2.29. The summed E-state index contributed by atoms with van der Waals surface area (Å²) in [4.78, 5) is 2.49. The van der Waals surface area contributed by atoms with Crippen LogP contribution in [-0.4, -0.2) is 59.6 Å². The van der Waals surface area contributed by atoms with Gasteiger partial charge in [0.2, 0.25) is 0 Å². The first-order valence-corrected chi connectivity index (χ1v) is 7.53. The van der Waals surface area contributed by atoms with E-state index in [1.807, 2.05) is 25.7 Å². The summed E-state index contributed by atoms with van der Waals surface area (Å²) in [7, 11) is 4.03. The highest BCUT2D eigenvalue weighted by atomic mass is 16.5. The predicted octanol–water partition coefficient (Wildman–Crippen LogP) is 0.968. The van der Waals surface area contributed by atoms with Crippen molar-refractivity contribution in [3.8, 4) is 0 Å². The van der Waals surface area contributed by atoms with Gasteiger partial charge in [0, 0.05) is 44.3 Å². The van der Waals surface area contributed by atoms with Crippen LogP contribution in [0, 0.1) is 6.92 Å². The second-order valence-electron chi connectivity index (χ2n) is 6.00. The van der Waals surface area contributed by atoms with Crippen molar-refractivity contribution in [1.82, 2.24) is 20.0 Å². The molecule has 1 N–H and O–H groups in total. The van der Waals surface area contributed by atoms with E-state index < -0.39 is 0 Å². The molecule has 1 saturated heterocycles. The Hall–Kier alpha value is -0.910. The van der Waals surface area contributed by atoms with E-state index in [4.69, 9.17) is 4.74 Å². The lowest BCUT2D eigenvalue weighted by Gasteiger charge is -2.38. The van der Waals surface area contributed by atoms with Crippen molar-refractivity contribution in [2.75, 3.05) is 26.7 Å². The van der Waals surface area contributed by atoms with Crippen molar-refractivity contribution in [3.63, 3.8) is 0 Å². The fraction of sp³-hybridized carbons (Fsp3) is 0.800. The van der Waals surface area contributed by atoms with E-state index in [1.54, 1.807) is 0 Å². The number of aryl methyl sites for hydroxylation is 2. The minimum atomic E-state index is 0.242. The highest BCUT2D eigenvalue weighted by Crippen LogP contribution is 2.15. The van der Waals surface area contributed by atoms with E-state index in [0.717, 1.165) is 31.8 Å². The van der Waals surface area contributed by atoms with Crippen LogP contribution in [0.25, 0.3) is 0 Å². The zero-order valence-corrected chi connectivity index (χ0v) is 13.4. The van der Waals surface area contributed by atoms with Gasteiger partial charge in [-0.3, -0.25) is 9.58 Å². The first kappa shape index (κ1) is 15.5. The molecule has 2 atom stereocenters. The van der Waals surface area contributed by atoms with Crippen molar-refractivity contribution in [2.45, 2.75) is 45.4 Å². The zero-order valence-electron chi connectivity index (χ0n) is 13.4. The van der Waals surface area contributed by atoms with Gasteiger partial charge in [-0.1, -0.05) is 0 Å². The lowest BCUT2D eigenvalue weighted by atomic mass is 10.0. The summed E-state index contributed by atoms with van der Waals surface area (Å²) in [6, 6.07) is 3.07. The maximum atomic E-state index is 6.00. The van der Waals surface area contributed by atoms with Gasteiger partial charge in [-0.25, -0.2) is 0 Å². The van der Waals surface area contributed by atoms with Crippen molar-refractivity contribution in [2.24, 2.45) is 7.05 Å². The maximum Gasteiger partial charge on any atom is 0.0859 e. The number of likely N-dealkylation sites (N-methyl/N-ethyl adjacent to an activating group) is 1. The molecule has 0 saturated carbocycles. The van der Waals surface area contributed by atoms with Gasteiger partial charge in [0.25, 0.3) is 0 Å². The molecule has 1 aromatic rings. The molecule has 114 valence electrons. The van der Waals surface area contributed by atoms with Crippen LogP contribution < -0.4 is 5.32 Å². The molecule has 5 nitrogen and oxygen atoms in total. The summed E-state index contributed by atoms with van der Waals surface area (Å²) >= 11 is 0. The van der Waals surface area contributed by atoms with Gasteiger partial charge in [-0.2, -0.15) is 5.10 Å². The number of morpholine rings is 1. The van der Waals surface area contributed by atoms with Crippen molar-refractivity contribution < 1.29 is 4.74 Å². The van der Waals surface area contributed by atoms with Crippen LogP contribution in [0.15, 0.2) is 6.07 Å². The van der Waals surface area contributed by atoms with Gasteiger partial charge >= 0.3 is 0 Å². The van der Waals surface area contributed by atoms with E-state index in [0.29, 0.717) is 12.1 Å². The molecule has 0 aliphatic carbocycles. The number of hydrogen-bond donors (Lipinski definition) is 1. The van der Waals surface area contributed by atoms with Crippen LogP contribution in [0.5, 0.6) is 0 Å². The van der Waals surface area contributed by atoms with Gasteiger partial charge in [-0.05, 0) is 33.9 Å². The Morgan fingerprint density at radius 1 is 1.50 bits per heavy atom. The van der Waals surface area contributed by atoms with Gasteiger partial charge in [0.15, 0.2) is 0 Å². The lowest BCUT2D eigenvalue weighted by Crippen LogP contribution is -2.54. The Balaban J connectivity index is 2.02. The third-order valence-electron chi connectivity index (χ3n) is 4.20. The smallest absolute Gasteiger partial charge is 0.0859 e. The Labute approximate surface area is 122 Å². The molecule has 2 unspecified atom stereocenters. The van der Waals surface area contributed by atoms with Crippen molar-refractivity contribution >= 4 is 0 Å². The quantitative estimate of drug-likeness (QED) is 0.873. The summed E-state index contributed by atoms with van der Waals surface area (Å²) in [6.45, 7) is 9.40. The summed E-state index contributed by atoms with van der Waals surface area (Å²) < 4.78 is 7.97. The highest BCUT2D eigenvalue weighted by molar-refractivity contribution is 5.10. The molecule has 0 spiro atoms. The van der Waals surface area contributed by atoms with Crippen LogP contribution in [0.3, 0.4) is 0 Å². The van der Waals surface area contributed by atoms with Crippen molar-refractivity contribution in [1.29, 1.82) is 0 Å². The lowest BCUT2D eigenvalue weighted by molar-refractivity contribution is -0.0544. The summed E-state index contributed by atoms with van der Waals surface area (Å²) in [6.07, 6.45) is 1.19. The number of ether oxygens (including phenoxy) is 1. The third kappa shape index (κ3) is 3.59. The van der Waals surface area contributed by atoms with Crippen molar-refractivity contribution in [3.05, 3.63) is 17.5 Å². The van der Waals surface area contributed by atoms with E-state index in [1.165, 1.54) is 5.69 Å². The standard InChI is InChI=1S/C15H28N4O/c1-11(2)19-6-7-20-15(10-19)14(16-4)9-13-8-12(3)17-18(13)5/h8,11,14-16H,6-7,9-10H2,1-5H3. The minimum Gasteiger partial charge on any atom is -0.374 e. The van der Waals surface area contributed by atoms with E-state index in [9.17, 15) is 0 Å². The normalized spacial score (nSPS) is 22.4. The molecule has 1 aromatic heterocycles. The van der Waals surface area contributed by atoms with Crippen LogP contribution in [0.4, 0.5) is 0 Å². The predicted molar refractivity (Wildman–Crippen MR) is 80.9 cm³/mol. The summed E-state index contributed by atoms with van der Waals surface area (Å²) in [5.74, 6) is 0. The molecule has 5 heteroatoms. The molecule has 2 heterocycles. The van der Waals surface area contributed by atoms with Gasteiger partial charge < -0.3 is 10.1 Å². The number of nitrogens with one attached hydrogen (secondary N) is 1. The van der Waals surface area contributed by atoms with Gasteiger partial charge in [0.05, 0.1) is 18.4 Å². The second-order valence-corrected chi connectivity index (χ2v) is 6.00. The molecule has 2 rings (SSSR count). The maximum absolute atomic E-state index is 6.00. The summed E-state index contributed by atoms with van der Waals surface area (Å²) in [5, 5.41) is 7.85. The third-order valence-corrected chi connectivity index (χ3v) is 4.20. The number of aromatic nitrogens is 2. The number of hydrogen-bond acceptors (Lipinski definition) is 4. The molecule has 0 radical (unpaired) electrons. The van der Waals surface area contributed by atoms with Crippen LogP contribution in [0.2, 0.25) is 0 Å². The topological polar surface area (TPSA) is 42.3 Å². The Bertz CT molecular complexity index is 430. The number of rotatable bonds is 5. The second kappa shape index (κ2) is 6.70. The Morgan fingerprint density at radius 3 is 2.80 bits per heavy atom. The van der Waals surface area contributed by atoms with Crippen LogP contribution >= 0.6 is 0 Å². The fourth-order valence-electron chi connectivity index (χ4n) is 2.91. The molecule has 0 bridgehead atoms.